The maximum Gasteiger partial charge on any atom is 0.122 e. The fraction of sp³-hybridized carbons (Fsp3) is 0.583. The van der Waals surface area contributed by atoms with Gasteiger partial charge >= 0.3 is 0 Å². The minimum Gasteiger partial charge on any atom is -0.495 e. The molecule has 2 atom stereocenters. The van der Waals surface area contributed by atoms with Crippen molar-refractivity contribution in [2.75, 3.05) is 57.3 Å². The van der Waals surface area contributed by atoms with Crippen LogP contribution < -0.4 is 4.90 Å². The third-order valence-electron chi connectivity index (χ3n) is 6.36. The molecule has 30 heavy (non-hydrogen) atoms. The number of β-amino-alcohol motifs (C(OH)–C–C–N with tert-alkyl or cyclic N) is 1. The van der Waals surface area contributed by atoms with Crippen LogP contribution in [0.15, 0.2) is 54.3 Å². The Bertz CT molecular complexity index is 727. The van der Waals surface area contributed by atoms with Crippen molar-refractivity contribution in [1.82, 2.24) is 9.80 Å². The standard InChI is InChI=1S/C24H34ClN3O2/c25-24(28-12-5-2-6-13-28)11-7-10-23(18-24)30-20-22(29)19-26-14-16-27(17-15-26)21-8-3-1-4-9-21/h1,3-4,7-11,22,29H,2,5-6,12-20H2. The molecule has 164 valence electrons. The second kappa shape index (κ2) is 10.2. The van der Waals surface area contributed by atoms with E-state index < -0.39 is 11.1 Å². The fourth-order valence-electron chi connectivity index (χ4n) is 4.63. The summed E-state index contributed by atoms with van der Waals surface area (Å²) in [5.41, 5.74) is 1.27. The summed E-state index contributed by atoms with van der Waals surface area (Å²) >= 11 is 6.93. The van der Waals surface area contributed by atoms with Gasteiger partial charge in [0, 0.05) is 57.9 Å². The zero-order valence-electron chi connectivity index (χ0n) is 17.8. The predicted octanol–water partition coefficient (Wildman–Crippen LogP) is 3.45. The molecule has 1 N–H and O–H groups in total. The normalized spacial score (nSPS) is 27.0. The Morgan fingerprint density at radius 1 is 1.00 bits per heavy atom. The number of para-hydroxylation sites is 1. The summed E-state index contributed by atoms with van der Waals surface area (Å²) in [5, 5.41) is 10.5. The molecule has 2 heterocycles. The van der Waals surface area contributed by atoms with Crippen molar-refractivity contribution >= 4 is 17.3 Å². The molecular weight excluding hydrogens is 398 g/mol. The van der Waals surface area contributed by atoms with E-state index in [1.54, 1.807) is 0 Å². The molecule has 2 saturated heterocycles. The van der Waals surface area contributed by atoms with Gasteiger partial charge in [-0.2, -0.15) is 0 Å². The Kier molecular flexibility index (Phi) is 7.37. The minimum atomic E-state index is -0.500. The Morgan fingerprint density at radius 3 is 2.47 bits per heavy atom. The molecule has 0 saturated carbocycles. The van der Waals surface area contributed by atoms with Gasteiger partial charge in [0.1, 0.15) is 17.7 Å². The maximum absolute atomic E-state index is 10.5. The van der Waals surface area contributed by atoms with Crippen molar-refractivity contribution in [2.45, 2.75) is 36.8 Å². The average molecular weight is 432 g/mol. The van der Waals surface area contributed by atoms with Gasteiger partial charge in [-0.25, -0.2) is 0 Å². The van der Waals surface area contributed by atoms with Gasteiger partial charge in [0.05, 0.1) is 5.76 Å². The zero-order chi connectivity index (χ0) is 20.8. The number of halogens is 1. The number of benzene rings is 1. The summed E-state index contributed by atoms with van der Waals surface area (Å²) in [7, 11) is 0. The number of rotatable bonds is 7. The molecule has 6 heteroatoms. The quantitative estimate of drug-likeness (QED) is 0.528. The maximum atomic E-state index is 10.5. The lowest BCUT2D eigenvalue weighted by molar-refractivity contribution is 0.0343. The number of piperidine rings is 1. The number of piperazine rings is 1. The van der Waals surface area contributed by atoms with Crippen LogP contribution in [-0.2, 0) is 4.74 Å². The van der Waals surface area contributed by atoms with Crippen LogP contribution in [0.4, 0.5) is 5.69 Å². The Labute approximate surface area is 185 Å². The molecule has 1 aromatic rings. The van der Waals surface area contributed by atoms with Crippen LogP contribution in [-0.4, -0.2) is 78.4 Å². The second-order valence-electron chi connectivity index (χ2n) is 8.62. The van der Waals surface area contributed by atoms with E-state index in [0.717, 1.165) is 45.0 Å². The van der Waals surface area contributed by atoms with Crippen molar-refractivity contribution in [2.24, 2.45) is 0 Å². The van der Waals surface area contributed by atoms with Gasteiger partial charge in [0.15, 0.2) is 0 Å². The highest BCUT2D eigenvalue weighted by atomic mass is 35.5. The predicted molar refractivity (Wildman–Crippen MR) is 123 cm³/mol. The number of ether oxygens (including phenoxy) is 1. The summed E-state index contributed by atoms with van der Waals surface area (Å²) in [6.07, 6.45) is 9.92. The Balaban J connectivity index is 1.19. The molecule has 2 fully saturated rings. The molecule has 0 radical (unpaired) electrons. The summed E-state index contributed by atoms with van der Waals surface area (Å²) in [5.74, 6) is 0.867. The van der Waals surface area contributed by atoms with E-state index in [2.05, 4.69) is 51.1 Å². The third-order valence-corrected chi connectivity index (χ3v) is 6.86. The van der Waals surface area contributed by atoms with Gasteiger partial charge in [-0.3, -0.25) is 9.80 Å². The summed E-state index contributed by atoms with van der Waals surface area (Å²) in [6, 6.07) is 10.5. The number of anilines is 1. The van der Waals surface area contributed by atoms with Crippen molar-refractivity contribution in [3.63, 3.8) is 0 Å². The van der Waals surface area contributed by atoms with Gasteiger partial charge in [0.25, 0.3) is 0 Å². The first-order valence-electron chi connectivity index (χ1n) is 11.3. The van der Waals surface area contributed by atoms with Crippen LogP contribution in [0, 0.1) is 0 Å². The van der Waals surface area contributed by atoms with E-state index in [-0.39, 0.29) is 0 Å². The van der Waals surface area contributed by atoms with Gasteiger partial charge in [-0.15, -0.1) is 0 Å². The number of aliphatic hydroxyl groups is 1. The van der Waals surface area contributed by atoms with Crippen molar-refractivity contribution in [3.05, 3.63) is 54.3 Å². The molecule has 0 aromatic heterocycles. The number of hydrogen-bond acceptors (Lipinski definition) is 5. The Hall–Kier alpha value is -1.53. The van der Waals surface area contributed by atoms with Crippen molar-refractivity contribution in [1.29, 1.82) is 0 Å². The molecule has 0 spiro atoms. The summed E-state index contributed by atoms with van der Waals surface area (Å²) in [6.45, 7) is 6.91. The van der Waals surface area contributed by atoms with Crippen LogP contribution >= 0.6 is 11.6 Å². The highest BCUT2D eigenvalue weighted by molar-refractivity contribution is 6.25. The van der Waals surface area contributed by atoms with E-state index in [0.29, 0.717) is 19.6 Å². The lowest BCUT2D eigenvalue weighted by atomic mass is 10.0. The number of hydrogen-bond donors (Lipinski definition) is 1. The lowest BCUT2D eigenvalue weighted by Crippen LogP contribution is -2.49. The number of allylic oxidation sites excluding steroid dienone is 2. The molecule has 2 aliphatic heterocycles. The van der Waals surface area contributed by atoms with Gasteiger partial charge < -0.3 is 14.7 Å². The van der Waals surface area contributed by atoms with Gasteiger partial charge in [0.2, 0.25) is 0 Å². The van der Waals surface area contributed by atoms with Crippen LogP contribution in [0.3, 0.4) is 0 Å². The lowest BCUT2D eigenvalue weighted by Gasteiger charge is -2.41. The highest BCUT2D eigenvalue weighted by Gasteiger charge is 2.35. The van der Waals surface area contributed by atoms with Crippen molar-refractivity contribution < 1.29 is 9.84 Å². The molecule has 1 aliphatic carbocycles. The second-order valence-corrected chi connectivity index (χ2v) is 9.28. The molecule has 1 aromatic carbocycles. The largest absolute Gasteiger partial charge is 0.495 e. The number of likely N-dealkylation sites (tertiary alicyclic amines) is 1. The Morgan fingerprint density at radius 2 is 1.73 bits per heavy atom. The first-order valence-corrected chi connectivity index (χ1v) is 11.7. The smallest absolute Gasteiger partial charge is 0.122 e. The van der Waals surface area contributed by atoms with E-state index in [9.17, 15) is 5.11 Å². The SMILES string of the molecule is OC(COC1=CC=CC(Cl)(N2CCCCC2)C1)CN1CCN(c2ccccc2)CC1. The highest BCUT2D eigenvalue weighted by Crippen LogP contribution is 2.35. The molecule has 5 nitrogen and oxygen atoms in total. The van der Waals surface area contributed by atoms with E-state index >= 15 is 0 Å². The van der Waals surface area contributed by atoms with E-state index in [4.69, 9.17) is 16.3 Å². The topological polar surface area (TPSA) is 39.2 Å². The van der Waals surface area contributed by atoms with Gasteiger partial charge in [-0.05, 0) is 37.1 Å². The first kappa shape index (κ1) is 21.7. The average Bonchev–Trinajstić information content (AvgIpc) is 2.80. The molecule has 0 bridgehead atoms. The number of nitrogens with zero attached hydrogens (tertiary/aromatic N) is 3. The molecule has 3 aliphatic rings. The zero-order valence-corrected chi connectivity index (χ0v) is 18.5. The third kappa shape index (κ3) is 5.58. The minimum absolute atomic E-state index is 0.311. The van der Waals surface area contributed by atoms with Gasteiger partial charge in [-0.1, -0.05) is 42.3 Å². The van der Waals surface area contributed by atoms with Crippen LogP contribution in [0.25, 0.3) is 0 Å². The fourth-order valence-corrected chi connectivity index (χ4v) is 5.00. The monoisotopic (exact) mass is 431 g/mol. The summed E-state index contributed by atoms with van der Waals surface area (Å²) in [4.78, 5) is 6.60. The van der Waals surface area contributed by atoms with E-state index in [1.807, 2.05) is 12.2 Å². The molecular formula is C24H34ClN3O2. The molecule has 4 rings (SSSR count). The van der Waals surface area contributed by atoms with Crippen molar-refractivity contribution in [3.8, 4) is 0 Å². The van der Waals surface area contributed by atoms with Crippen LogP contribution in [0.2, 0.25) is 0 Å². The molecule has 2 unspecified atom stereocenters. The first-order chi connectivity index (χ1) is 14.6. The number of aliphatic hydroxyl groups excluding tert-OH is 1. The summed E-state index contributed by atoms with van der Waals surface area (Å²) < 4.78 is 5.97. The van der Waals surface area contributed by atoms with Crippen LogP contribution in [0.5, 0.6) is 0 Å². The molecule has 0 amide bonds. The number of alkyl halides is 1. The van der Waals surface area contributed by atoms with E-state index in [1.165, 1.54) is 24.9 Å². The van der Waals surface area contributed by atoms with Crippen LogP contribution in [0.1, 0.15) is 25.7 Å².